The summed E-state index contributed by atoms with van der Waals surface area (Å²) in [6.07, 6.45) is 2.51. The Morgan fingerprint density at radius 2 is 2.05 bits per heavy atom. The minimum atomic E-state index is -1.07. The van der Waals surface area contributed by atoms with Crippen LogP contribution in [0.25, 0.3) is 11.0 Å². The van der Waals surface area contributed by atoms with Crippen LogP contribution in [0.5, 0.6) is 5.75 Å². The van der Waals surface area contributed by atoms with E-state index in [1.807, 2.05) is 12.1 Å². The molecule has 0 fully saturated rings. The number of para-hydroxylation sites is 1. The topological polar surface area (TPSA) is 158 Å². The number of aromatic nitrogens is 4. The van der Waals surface area contributed by atoms with Crippen LogP contribution >= 0.6 is 0 Å². The monoisotopic (exact) mass is 573 g/mol. The lowest BCUT2D eigenvalue weighted by Gasteiger charge is -2.39. The van der Waals surface area contributed by atoms with Crippen LogP contribution in [0.4, 0.5) is 0 Å². The van der Waals surface area contributed by atoms with Crippen LogP contribution in [-0.2, 0) is 17.7 Å². The van der Waals surface area contributed by atoms with Gasteiger partial charge >= 0.3 is 5.97 Å². The van der Waals surface area contributed by atoms with Gasteiger partial charge in [0.1, 0.15) is 23.7 Å². The van der Waals surface area contributed by atoms with Crippen LogP contribution in [0.15, 0.2) is 48.8 Å². The molecule has 2 atom stereocenters. The molecular formula is C30H35N7O5. The number of H-pyrrole nitrogens is 1. The summed E-state index contributed by atoms with van der Waals surface area (Å²) in [6, 6.07) is 11.6. The van der Waals surface area contributed by atoms with Crippen molar-refractivity contribution in [2.45, 2.75) is 38.8 Å². The molecule has 5 rings (SSSR count). The number of fused-ring (bicyclic) bond motifs is 2. The largest absolute Gasteiger partial charge is 0.491 e. The Balaban J connectivity index is 1.37. The van der Waals surface area contributed by atoms with Crippen LogP contribution in [-0.4, -0.2) is 80.7 Å². The van der Waals surface area contributed by atoms with Crippen molar-refractivity contribution in [1.29, 1.82) is 5.41 Å². The van der Waals surface area contributed by atoms with Crippen molar-refractivity contribution in [3.63, 3.8) is 0 Å². The maximum absolute atomic E-state index is 13.1. The first-order valence-corrected chi connectivity index (χ1v) is 13.9. The second kappa shape index (κ2) is 12.4. The number of aromatic carboxylic acids is 1. The van der Waals surface area contributed by atoms with Gasteiger partial charge in [-0.2, -0.15) is 0 Å². The molecule has 4 aromatic rings. The summed E-state index contributed by atoms with van der Waals surface area (Å²) >= 11 is 0. The quantitative estimate of drug-likeness (QED) is 0.120. The van der Waals surface area contributed by atoms with E-state index in [9.17, 15) is 14.7 Å². The van der Waals surface area contributed by atoms with E-state index in [1.54, 1.807) is 44.6 Å². The molecule has 0 bridgehead atoms. The number of carbonyl (C=O) groups is 2. The lowest BCUT2D eigenvalue weighted by molar-refractivity contribution is 0.0691. The van der Waals surface area contributed by atoms with Gasteiger partial charge in [0.15, 0.2) is 0 Å². The number of carboxylic acid groups (broad SMARTS) is 1. The van der Waals surface area contributed by atoms with E-state index >= 15 is 0 Å². The van der Waals surface area contributed by atoms with Crippen molar-refractivity contribution in [3.05, 3.63) is 77.1 Å². The normalized spacial score (nSPS) is 15.3. The number of nitrogens with one attached hydrogen (secondary N) is 3. The molecule has 12 heteroatoms. The molecule has 2 aromatic heterocycles. The summed E-state index contributed by atoms with van der Waals surface area (Å²) in [6.45, 7) is 5.93. The maximum Gasteiger partial charge on any atom is 0.339 e. The Labute approximate surface area is 243 Å². The zero-order valence-electron chi connectivity index (χ0n) is 23.9. The van der Waals surface area contributed by atoms with Gasteiger partial charge in [0, 0.05) is 43.8 Å². The molecule has 4 N–H and O–H groups in total. The maximum atomic E-state index is 13.1. The molecule has 220 valence electrons. The summed E-state index contributed by atoms with van der Waals surface area (Å²) in [5, 5.41) is 20.6. The van der Waals surface area contributed by atoms with E-state index in [2.05, 4.69) is 31.7 Å². The predicted molar refractivity (Wildman–Crippen MR) is 156 cm³/mol. The van der Waals surface area contributed by atoms with Crippen molar-refractivity contribution in [2.24, 2.45) is 0 Å². The Bertz CT molecular complexity index is 1610. The molecule has 0 saturated carbocycles. The highest BCUT2D eigenvalue weighted by Crippen LogP contribution is 2.39. The first-order chi connectivity index (χ1) is 20.3. The molecule has 42 heavy (non-hydrogen) atoms. The van der Waals surface area contributed by atoms with Gasteiger partial charge in [-0.25, -0.2) is 14.8 Å². The average Bonchev–Trinajstić information content (AvgIpc) is 3.61. The van der Waals surface area contributed by atoms with Crippen LogP contribution in [0.1, 0.15) is 63.7 Å². The van der Waals surface area contributed by atoms with Gasteiger partial charge in [0.2, 0.25) is 0 Å². The zero-order chi connectivity index (χ0) is 29.8. The zero-order valence-corrected chi connectivity index (χ0v) is 23.9. The standard InChI is InChI=1S/C30H35N7O5/c1-18(27-26-23(33-17-34-26)10-12-36(27)19(2)31)28-35-22-9-8-20(16-24(22)37(28)13-15-41-3)29(38)32-11-14-42-25-7-5-4-6-21(25)30(39)40/h4-9,16-18,27,31H,10-15H2,1-3H3,(H,32,38)(H,33,34)(H,39,40). The fraction of sp³-hybridized carbons (Fsp3) is 0.367. The summed E-state index contributed by atoms with van der Waals surface area (Å²) < 4.78 is 13.1. The Morgan fingerprint density at radius 1 is 1.24 bits per heavy atom. The molecule has 2 unspecified atom stereocenters. The number of benzene rings is 2. The summed E-state index contributed by atoms with van der Waals surface area (Å²) in [4.78, 5) is 39.4. The summed E-state index contributed by atoms with van der Waals surface area (Å²) in [5.74, 6) is 0.101. The lowest BCUT2D eigenvalue weighted by Crippen LogP contribution is -2.41. The number of amidine groups is 1. The third-order valence-electron chi connectivity index (χ3n) is 7.60. The molecule has 1 amide bonds. The number of carbonyl (C=O) groups excluding carboxylic acids is 1. The predicted octanol–water partition coefficient (Wildman–Crippen LogP) is 3.61. The molecule has 3 heterocycles. The number of aromatic amines is 1. The van der Waals surface area contributed by atoms with Crippen LogP contribution in [0, 0.1) is 5.41 Å². The number of ether oxygens (including phenoxy) is 2. The molecule has 1 aliphatic rings. The van der Waals surface area contributed by atoms with E-state index in [4.69, 9.17) is 19.9 Å². The number of hydrogen-bond acceptors (Lipinski definition) is 7. The minimum Gasteiger partial charge on any atom is -0.491 e. The summed E-state index contributed by atoms with van der Waals surface area (Å²) in [5.41, 5.74) is 4.12. The number of hydrogen-bond donors (Lipinski definition) is 4. The Morgan fingerprint density at radius 3 is 2.81 bits per heavy atom. The highest BCUT2D eigenvalue weighted by Gasteiger charge is 2.37. The van der Waals surface area contributed by atoms with Gasteiger partial charge in [0.05, 0.1) is 48.1 Å². The number of nitrogens with zero attached hydrogens (tertiary/aromatic N) is 4. The fourth-order valence-electron chi connectivity index (χ4n) is 5.57. The second-order valence-corrected chi connectivity index (χ2v) is 10.3. The lowest BCUT2D eigenvalue weighted by atomic mass is 9.91. The molecule has 0 saturated heterocycles. The Hall–Kier alpha value is -4.71. The number of amides is 1. The van der Waals surface area contributed by atoms with E-state index in [0.29, 0.717) is 31.1 Å². The van der Waals surface area contributed by atoms with Gasteiger partial charge in [-0.15, -0.1) is 0 Å². The number of imidazole rings is 2. The average molecular weight is 574 g/mol. The summed E-state index contributed by atoms with van der Waals surface area (Å²) in [7, 11) is 1.65. The highest BCUT2D eigenvalue weighted by atomic mass is 16.5. The number of methoxy groups -OCH3 is 1. The molecular weight excluding hydrogens is 538 g/mol. The van der Waals surface area contributed by atoms with Gasteiger partial charge in [0.25, 0.3) is 5.91 Å². The van der Waals surface area contributed by atoms with Crippen LogP contribution in [0.3, 0.4) is 0 Å². The van der Waals surface area contributed by atoms with E-state index < -0.39 is 5.97 Å². The molecule has 1 aliphatic heterocycles. The Kier molecular flexibility index (Phi) is 8.53. The highest BCUT2D eigenvalue weighted by molar-refractivity contribution is 5.97. The minimum absolute atomic E-state index is 0.0688. The van der Waals surface area contributed by atoms with Crippen molar-refractivity contribution >= 4 is 28.7 Å². The number of rotatable bonds is 11. The van der Waals surface area contributed by atoms with Gasteiger partial charge in [-0.05, 0) is 37.3 Å². The van der Waals surface area contributed by atoms with E-state index in [0.717, 1.165) is 34.7 Å². The first kappa shape index (κ1) is 28.8. The molecule has 0 spiro atoms. The molecule has 2 aromatic carbocycles. The van der Waals surface area contributed by atoms with E-state index in [1.165, 1.54) is 6.07 Å². The van der Waals surface area contributed by atoms with Crippen molar-refractivity contribution in [3.8, 4) is 5.75 Å². The fourth-order valence-corrected chi connectivity index (χ4v) is 5.57. The second-order valence-electron chi connectivity index (χ2n) is 10.3. The first-order valence-electron chi connectivity index (χ1n) is 13.9. The van der Waals surface area contributed by atoms with Crippen LogP contribution < -0.4 is 10.1 Å². The third-order valence-corrected chi connectivity index (χ3v) is 7.60. The van der Waals surface area contributed by atoms with Gasteiger partial charge < -0.3 is 34.3 Å². The van der Waals surface area contributed by atoms with Crippen molar-refractivity contribution in [1.82, 2.24) is 29.7 Å². The smallest absolute Gasteiger partial charge is 0.339 e. The third kappa shape index (κ3) is 5.70. The van der Waals surface area contributed by atoms with Crippen molar-refractivity contribution in [2.75, 3.05) is 33.4 Å². The SMILES string of the molecule is COCCn1c(C(C)C2c3nc[nH]c3CCN2C(C)=N)nc2ccc(C(=O)NCCOc3ccccc3C(=O)O)cc21. The van der Waals surface area contributed by atoms with Gasteiger partial charge in [-0.1, -0.05) is 19.1 Å². The van der Waals surface area contributed by atoms with Gasteiger partial charge in [-0.3, -0.25) is 10.2 Å². The van der Waals surface area contributed by atoms with E-state index in [-0.39, 0.29) is 42.3 Å². The van der Waals surface area contributed by atoms with Crippen LogP contribution in [0.2, 0.25) is 0 Å². The molecule has 0 aliphatic carbocycles. The molecule has 0 radical (unpaired) electrons. The molecule has 12 nitrogen and oxygen atoms in total. The van der Waals surface area contributed by atoms with Crippen molar-refractivity contribution < 1.29 is 24.2 Å². The number of carboxylic acids is 1.